The Morgan fingerprint density at radius 3 is 2.41 bits per heavy atom. The zero-order chi connectivity index (χ0) is 19.2. The van der Waals surface area contributed by atoms with Crippen molar-refractivity contribution in [3.63, 3.8) is 0 Å². The second-order valence-electron chi connectivity index (χ2n) is 5.98. The van der Waals surface area contributed by atoms with Crippen molar-refractivity contribution in [2.75, 3.05) is 13.7 Å². The van der Waals surface area contributed by atoms with Crippen molar-refractivity contribution in [2.24, 2.45) is 0 Å². The summed E-state index contributed by atoms with van der Waals surface area (Å²) in [5.74, 6) is -1.13. The van der Waals surface area contributed by atoms with E-state index in [1.54, 1.807) is 31.3 Å². The Morgan fingerprint density at radius 2 is 1.70 bits per heavy atom. The van der Waals surface area contributed by atoms with E-state index in [-0.39, 0.29) is 18.3 Å². The highest BCUT2D eigenvalue weighted by Gasteiger charge is 2.16. The van der Waals surface area contributed by atoms with Crippen LogP contribution in [0.15, 0.2) is 66.7 Å². The van der Waals surface area contributed by atoms with Crippen molar-refractivity contribution in [3.05, 3.63) is 83.0 Å². The second-order valence-corrected chi connectivity index (χ2v) is 7.07. The number of ether oxygens (including phenoxy) is 1. The van der Waals surface area contributed by atoms with E-state index in [9.17, 15) is 14.0 Å². The molecule has 0 aliphatic heterocycles. The monoisotopic (exact) mass is 383 g/mol. The Hall–Kier alpha value is -2.99. The van der Waals surface area contributed by atoms with Gasteiger partial charge < -0.3 is 9.64 Å². The summed E-state index contributed by atoms with van der Waals surface area (Å²) in [7, 11) is 1.67. The third kappa shape index (κ3) is 5.01. The molecular formula is C21H18FNO3S. The van der Waals surface area contributed by atoms with Crippen molar-refractivity contribution in [2.45, 2.75) is 6.54 Å². The molecule has 0 bridgehead atoms. The number of nitrogens with zero attached hydrogens (tertiary/aromatic N) is 1. The number of carbonyl (C=O) groups excluding carboxylic acids is 2. The van der Waals surface area contributed by atoms with Crippen molar-refractivity contribution in [1.82, 2.24) is 4.90 Å². The molecule has 27 heavy (non-hydrogen) atoms. The van der Waals surface area contributed by atoms with E-state index < -0.39 is 5.97 Å². The van der Waals surface area contributed by atoms with Crippen LogP contribution in [0.1, 0.15) is 15.2 Å². The summed E-state index contributed by atoms with van der Waals surface area (Å²) in [6.45, 7) is 0.136. The number of thiophene rings is 1. The quantitative estimate of drug-likeness (QED) is 0.594. The van der Waals surface area contributed by atoms with Gasteiger partial charge in [-0.2, -0.15) is 0 Å². The number of hydrogen-bond acceptors (Lipinski definition) is 4. The smallest absolute Gasteiger partial charge is 0.348 e. The number of benzene rings is 2. The average molecular weight is 383 g/mol. The first-order valence-corrected chi connectivity index (χ1v) is 9.15. The average Bonchev–Trinajstić information content (AvgIpc) is 3.17. The maximum atomic E-state index is 13.0. The molecule has 0 fully saturated rings. The van der Waals surface area contributed by atoms with Crippen LogP contribution >= 0.6 is 11.3 Å². The molecule has 4 nitrogen and oxygen atoms in total. The van der Waals surface area contributed by atoms with E-state index in [0.717, 1.165) is 16.0 Å². The van der Waals surface area contributed by atoms with Crippen LogP contribution in [0.5, 0.6) is 0 Å². The zero-order valence-corrected chi connectivity index (χ0v) is 15.5. The molecule has 0 aliphatic rings. The molecule has 0 saturated carbocycles. The molecule has 0 N–H and O–H groups in total. The summed E-state index contributed by atoms with van der Waals surface area (Å²) in [5.41, 5.74) is 1.82. The van der Waals surface area contributed by atoms with Crippen molar-refractivity contribution < 1.29 is 18.7 Å². The third-order valence-corrected chi connectivity index (χ3v) is 5.07. The van der Waals surface area contributed by atoms with Crippen LogP contribution in [0.3, 0.4) is 0 Å². The molecule has 0 unspecified atom stereocenters. The molecule has 3 rings (SSSR count). The van der Waals surface area contributed by atoms with Gasteiger partial charge in [-0.25, -0.2) is 9.18 Å². The largest absolute Gasteiger partial charge is 0.451 e. The summed E-state index contributed by atoms with van der Waals surface area (Å²) >= 11 is 1.24. The first-order valence-electron chi connectivity index (χ1n) is 8.34. The van der Waals surface area contributed by atoms with E-state index in [1.165, 1.54) is 28.4 Å². The molecule has 0 aliphatic carbocycles. The molecule has 1 amide bonds. The number of esters is 1. The lowest BCUT2D eigenvalue weighted by molar-refractivity contribution is -0.133. The van der Waals surface area contributed by atoms with Gasteiger partial charge in [-0.1, -0.05) is 42.5 Å². The first-order chi connectivity index (χ1) is 13.0. The van der Waals surface area contributed by atoms with Crippen molar-refractivity contribution in [1.29, 1.82) is 0 Å². The molecule has 0 atom stereocenters. The maximum Gasteiger partial charge on any atom is 0.348 e. The number of likely N-dealkylation sites (N-methyl/N-ethyl adjacent to an activating group) is 1. The van der Waals surface area contributed by atoms with Gasteiger partial charge >= 0.3 is 5.97 Å². The number of rotatable bonds is 6. The fraction of sp³-hybridized carbons (Fsp3) is 0.143. The van der Waals surface area contributed by atoms with Gasteiger partial charge in [-0.05, 0) is 35.4 Å². The molecule has 138 valence electrons. The molecule has 0 spiro atoms. The number of hydrogen-bond donors (Lipinski definition) is 0. The van der Waals surface area contributed by atoms with Gasteiger partial charge in [0.2, 0.25) is 0 Å². The first kappa shape index (κ1) is 18.8. The number of amides is 1. The van der Waals surface area contributed by atoms with Crippen LogP contribution in [0, 0.1) is 5.82 Å². The Bertz CT molecular complexity index is 922. The van der Waals surface area contributed by atoms with Gasteiger partial charge in [0.1, 0.15) is 10.7 Å². The topological polar surface area (TPSA) is 46.6 Å². The van der Waals surface area contributed by atoms with E-state index in [1.807, 2.05) is 30.3 Å². The van der Waals surface area contributed by atoms with Gasteiger partial charge in [0.05, 0.1) is 0 Å². The van der Waals surface area contributed by atoms with Gasteiger partial charge in [0, 0.05) is 18.5 Å². The van der Waals surface area contributed by atoms with Gasteiger partial charge in [-0.3, -0.25) is 4.79 Å². The highest BCUT2D eigenvalue weighted by atomic mass is 32.1. The molecule has 6 heteroatoms. The second kappa shape index (κ2) is 8.60. The summed E-state index contributed by atoms with van der Waals surface area (Å²) in [5, 5.41) is 0. The molecule has 1 heterocycles. The third-order valence-electron chi connectivity index (χ3n) is 3.95. The molecule has 1 aromatic heterocycles. The minimum absolute atomic E-state index is 0.275. The van der Waals surface area contributed by atoms with Gasteiger partial charge in [0.15, 0.2) is 6.61 Å². The molecule has 2 aromatic carbocycles. The highest BCUT2D eigenvalue weighted by molar-refractivity contribution is 7.17. The SMILES string of the molecule is CN(Cc1ccccc1)C(=O)COC(=O)c1ccc(-c2ccc(F)cc2)s1. The van der Waals surface area contributed by atoms with Crippen molar-refractivity contribution >= 4 is 23.2 Å². The maximum absolute atomic E-state index is 13.0. The molecule has 0 saturated heterocycles. The summed E-state index contributed by atoms with van der Waals surface area (Å²) in [4.78, 5) is 27.1. The Morgan fingerprint density at radius 1 is 1.00 bits per heavy atom. The van der Waals surface area contributed by atoms with Gasteiger partial charge in [0.25, 0.3) is 5.91 Å². The standard InChI is InChI=1S/C21H18FNO3S/c1-23(13-15-5-3-2-4-6-15)20(24)14-26-21(25)19-12-11-18(27-19)16-7-9-17(22)10-8-16/h2-12H,13-14H2,1H3. The molecule has 3 aromatic rings. The minimum atomic E-state index is -0.546. The van der Waals surface area contributed by atoms with E-state index in [2.05, 4.69) is 0 Å². The summed E-state index contributed by atoms with van der Waals surface area (Å²) < 4.78 is 18.1. The Labute approximate surface area is 160 Å². The molecular weight excluding hydrogens is 365 g/mol. The highest BCUT2D eigenvalue weighted by Crippen LogP contribution is 2.28. The van der Waals surface area contributed by atoms with E-state index >= 15 is 0 Å². The minimum Gasteiger partial charge on any atom is -0.451 e. The van der Waals surface area contributed by atoms with Crippen molar-refractivity contribution in [3.8, 4) is 10.4 Å². The van der Waals surface area contributed by atoms with Crippen LogP contribution in [-0.4, -0.2) is 30.4 Å². The normalized spacial score (nSPS) is 10.4. The predicted molar refractivity (Wildman–Crippen MR) is 103 cm³/mol. The predicted octanol–water partition coefficient (Wildman–Crippen LogP) is 4.37. The summed E-state index contributed by atoms with van der Waals surface area (Å²) in [6, 6.07) is 19.0. The van der Waals surface area contributed by atoms with Crippen LogP contribution in [0.4, 0.5) is 4.39 Å². The van der Waals surface area contributed by atoms with Gasteiger partial charge in [-0.15, -0.1) is 11.3 Å². The van der Waals surface area contributed by atoms with E-state index in [0.29, 0.717) is 11.4 Å². The lowest BCUT2D eigenvalue weighted by atomic mass is 10.2. The van der Waals surface area contributed by atoms with Crippen LogP contribution in [0.25, 0.3) is 10.4 Å². The lowest BCUT2D eigenvalue weighted by Gasteiger charge is -2.17. The Kier molecular flexibility index (Phi) is 5.98. The Balaban J connectivity index is 1.54. The van der Waals surface area contributed by atoms with E-state index in [4.69, 9.17) is 4.74 Å². The van der Waals surface area contributed by atoms with Crippen LogP contribution < -0.4 is 0 Å². The molecule has 0 radical (unpaired) electrons. The van der Waals surface area contributed by atoms with Crippen LogP contribution in [0.2, 0.25) is 0 Å². The fourth-order valence-electron chi connectivity index (χ4n) is 2.47. The van der Waals surface area contributed by atoms with Crippen LogP contribution in [-0.2, 0) is 16.1 Å². The number of halogens is 1. The summed E-state index contributed by atoms with van der Waals surface area (Å²) in [6.07, 6.45) is 0. The zero-order valence-electron chi connectivity index (χ0n) is 14.7. The fourth-order valence-corrected chi connectivity index (χ4v) is 3.38. The number of carbonyl (C=O) groups is 2. The lowest BCUT2D eigenvalue weighted by Crippen LogP contribution is -2.30.